The third-order valence-electron chi connectivity index (χ3n) is 4.22. The summed E-state index contributed by atoms with van der Waals surface area (Å²) in [6.07, 6.45) is 4.53. The van der Waals surface area contributed by atoms with E-state index in [9.17, 15) is 4.79 Å². The third kappa shape index (κ3) is 2.67. The Kier molecular flexibility index (Phi) is 3.68. The SMILES string of the molecule is CC(=O)Cc1ccc(-c2ccccc2C2CCC2)cc1. The van der Waals surface area contributed by atoms with E-state index in [1.54, 1.807) is 6.92 Å². The van der Waals surface area contributed by atoms with E-state index in [1.165, 1.54) is 36.0 Å². The zero-order valence-corrected chi connectivity index (χ0v) is 11.9. The van der Waals surface area contributed by atoms with Gasteiger partial charge in [0, 0.05) is 6.42 Å². The Balaban J connectivity index is 1.90. The summed E-state index contributed by atoms with van der Waals surface area (Å²) in [7, 11) is 0. The van der Waals surface area contributed by atoms with E-state index in [1.807, 2.05) is 0 Å². The first-order chi connectivity index (χ1) is 9.74. The predicted octanol–water partition coefficient (Wildman–Crippen LogP) is 4.75. The predicted molar refractivity (Wildman–Crippen MR) is 82.9 cm³/mol. The summed E-state index contributed by atoms with van der Waals surface area (Å²) in [6, 6.07) is 17.2. The fourth-order valence-electron chi connectivity index (χ4n) is 2.92. The molecule has 0 unspecified atom stereocenters. The Hall–Kier alpha value is -1.89. The molecule has 1 nitrogen and oxygen atoms in total. The van der Waals surface area contributed by atoms with Crippen LogP contribution in [0.5, 0.6) is 0 Å². The number of hydrogen-bond donors (Lipinski definition) is 0. The number of rotatable bonds is 4. The second-order valence-electron chi connectivity index (χ2n) is 5.79. The Morgan fingerprint density at radius 2 is 1.75 bits per heavy atom. The molecule has 0 saturated heterocycles. The maximum atomic E-state index is 11.2. The van der Waals surface area contributed by atoms with E-state index >= 15 is 0 Å². The lowest BCUT2D eigenvalue weighted by atomic mass is 9.77. The highest BCUT2D eigenvalue weighted by atomic mass is 16.1. The van der Waals surface area contributed by atoms with Crippen molar-refractivity contribution in [2.75, 3.05) is 0 Å². The molecule has 0 aliphatic heterocycles. The average Bonchev–Trinajstić information content (AvgIpc) is 2.38. The smallest absolute Gasteiger partial charge is 0.134 e. The molecule has 1 heteroatoms. The lowest BCUT2D eigenvalue weighted by Crippen LogP contribution is -2.09. The Morgan fingerprint density at radius 1 is 1.05 bits per heavy atom. The van der Waals surface area contributed by atoms with Crippen molar-refractivity contribution in [2.24, 2.45) is 0 Å². The maximum absolute atomic E-state index is 11.2. The van der Waals surface area contributed by atoms with Crippen molar-refractivity contribution < 1.29 is 4.79 Å². The molecular formula is C19H20O. The molecule has 1 aliphatic carbocycles. The quantitative estimate of drug-likeness (QED) is 0.778. The van der Waals surface area contributed by atoms with Gasteiger partial charge in [0.05, 0.1) is 0 Å². The molecule has 1 fully saturated rings. The van der Waals surface area contributed by atoms with Crippen molar-refractivity contribution in [3.63, 3.8) is 0 Å². The van der Waals surface area contributed by atoms with Gasteiger partial charge in [-0.05, 0) is 47.9 Å². The molecule has 20 heavy (non-hydrogen) atoms. The fraction of sp³-hybridized carbons (Fsp3) is 0.316. The van der Waals surface area contributed by atoms with E-state index < -0.39 is 0 Å². The van der Waals surface area contributed by atoms with Gasteiger partial charge in [-0.25, -0.2) is 0 Å². The van der Waals surface area contributed by atoms with Gasteiger partial charge in [0.1, 0.15) is 5.78 Å². The van der Waals surface area contributed by atoms with E-state index in [0.717, 1.165) is 11.5 Å². The van der Waals surface area contributed by atoms with E-state index in [0.29, 0.717) is 6.42 Å². The van der Waals surface area contributed by atoms with Crippen LogP contribution in [0.25, 0.3) is 11.1 Å². The molecule has 102 valence electrons. The zero-order valence-electron chi connectivity index (χ0n) is 11.9. The van der Waals surface area contributed by atoms with Gasteiger partial charge in [0.25, 0.3) is 0 Å². The van der Waals surface area contributed by atoms with Gasteiger partial charge in [-0.1, -0.05) is 55.0 Å². The molecule has 2 aromatic rings. The van der Waals surface area contributed by atoms with Crippen LogP contribution in [0.3, 0.4) is 0 Å². The third-order valence-corrected chi connectivity index (χ3v) is 4.22. The average molecular weight is 264 g/mol. The maximum Gasteiger partial charge on any atom is 0.134 e. The number of carbonyl (C=O) groups excluding carboxylic acids is 1. The molecule has 0 radical (unpaired) electrons. The first kappa shape index (κ1) is 13.1. The second kappa shape index (κ2) is 5.62. The molecule has 1 aliphatic rings. The van der Waals surface area contributed by atoms with Crippen molar-refractivity contribution in [1.29, 1.82) is 0 Å². The lowest BCUT2D eigenvalue weighted by Gasteiger charge is -2.28. The van der Waals surface area contributed by atoms with Crippen molar-refractivity contribution >= 4 is 5.78 Å². The number of hydrogen-bond acceptors (Lipinski definition) is 1. The lowest BCUT2D eigenvalue weighted by molar-refractivity contribution is -0.116. The zero-order chi connectivity index (χ0) is 13.9. The van der Waals surface area contributed by atoms with Gasteiger partial charge in [0.15, 0.2) is 0 Å². The van der Waals surface area contributed by atoms with Gasteiger partial charge in [0.2, 0.25) is 0 Å². The molecule has 1 saturated carbocycles. The minimum absolute atomic E-state index is 0.215. The van der Waals surface area contributed by atoms with Crippen LogP contribution in [0.15, 0.2) is 48.5 Å². The summed E-state index contributed by atoms with van der Waals surface area (Å²) >= 11 is 0. The summed E-state index contributed by atoms with van der Waals surface area (Å²) in [6.45, 7) is 1.64. The number of benzene rings is 2. The molecule has 0 aromatic heterocycles. The minimum Gasteiger partial charge on any atom is -0.300 e. The molecule has 0 spiro atoms. The highest BCUT2D eigenvalue weighted by molar-refractivity contribution is 5.78. The van der Waals surface area contributed by atoms with Crippen molar-refractivity contribution in [1.82, 2.24) is 0 Å². The largest absolute Gasteiger partial charge is 0.300 e. The molecule has 0 bridgehead atoms. The summed E-state index contributed by atoms with van der Waals surface area (Å²) < 4.78 is 0. The number of carbonyl (C=O) groups is 1. The summed E-state index contributed by atoms with van der Waals surface area (Å²) in [4.78, 5) is 11.2. The van der Waals surface area contributed by atoms with Crippen LogP contribution in [0.2, 0.25) is 0 Å². The second-order valence-corrected chi connectivity index (χ2v) is 5.79. The molecule has 0 heterocycles. The number of ketones is 1. The molecule has 0 amide bonds. The van der Waals surface area contributed by atoms with E-state index in [2.05, 4.69) is 48.5 Å². The molecule has 0 atom stereocenters. The van der Waals surface area contributed by atoms with Crippen LogP contribution >= 0.6 is 0 Å². The van der Waals surface area contributed by atoms with Gasteiger partial charge in [-0.15, -0.1) is 0 Å². The van der Waals surface area contributed by atoms with Crippen molar-refractivity contribution in [2.45, 2.75) is 38.5 Å². The topological polar surface area (TPSA) is 17.1 Å². The van der Waals surface area contributed by atoms with Crippen LogP contribution in [0, 0.1) is 0 Å². The first-order valence-electron chi connectivity index (χ1n) is 7.42. The van der Waals surface area contributed by atoms with Crippen LogP contribution in [-0.2, 0) is 11.2 Å². The summed E-state index contributed by atoms with van der Waals surface area (Å²) in [5.74, 6) is 0.954. The Bertz CT molecular complexity index is 606. The Morgan fingerprint density at radius 3 is 2.35 bits per heavy atom. The van der Waals surface area contributed by atoms with Gasteiger partial charge < -0.3 is 0 Å². The van der Waals surface area contributed by atoms with E-state index in [-0.39, 0.29) is 5.78 Å². The molecule has 3 rings (SSSR count). The molecule has 2 aromatic carbocycles. The summed E-state index contributed by atoms with van der Waals surface area (Å²) in [5, 5.41) is 0. The Labute approximate surface area is 120 Å². The highest BCUT2D eigenvalue weighted by Crippen LogP contribution is 2.40. The monoisotopic (exact) mass is 264 g/mol. The van der Waals surface area contributed by atoms with Gasteiger partial charge >= 0.3 is 0 Å². The van der Waals surface area contributed by atoms with Crippen LogP contribution in [0.1, 0.15) is 43.2 Å². The van der Waals surface area contributed by atoms with Crippen molar-refractivity contribution in [3.8, 4) is 11.1 Å². The number of Topliss-reactive ketones (excluding diaryl/α,β-unsaturated/α-hetero) is 1. The van der Waals surface area contributed by atoms with Gasteiger partial charge in [-0.2, -0.15) is 0 Å². The van der Waals surface area contributed by atoms with Crippen LogP contribution < -0.4 is 0 Å². The normalized spacial score (nSPS) is 14.8. The molecule has 0 N–H and O–H groups in total. The van der Waals surface area contributed by atoms with Crippen molar-refractivity contribution in [3.05, 3.63) is 59.7 Å². The summed E-state index contributed by atoms with van der Waals surface area (Å²) in [5.41, 5.74) is 5.20. The van der Waals surface area contributed by atoms with Crippen LogP contribution in [-0.4, -0.2) is 5.78 Å². The molecular weight excluding hydrogens is 244 g/mol. The van der Waals surface area contributed by atoms with Crippen LogP contribution in [0.4, 0.5) is 0 Å². The fourth-order valence-corrected chi connectivity index (χ4v) is 2.92. The highest BCUT2D eigenvalue weighted by Gasteiger charge is 2.22. The minimum atomic E-state index is 0.215. The first-order valence-corrected chi connectivity index (χ1v) is 7.42. The standard InChI is InChI=1S/C19H20O/c1-14(20)13-15-9-11-17(12-10-15)19-8-3-2-7-18(19)16-5-4-6-16/h2-3,7-12,16H,4-6,13H2,1H3. The van der Waals surface area contributed by atoms with E-state index in [4.69, 9.17) is 0 Å². The van der Waals surface area contributed by atoms with Gasteiger partial charge in [-0.3, -0.25) is 4.79 Å².